The molecule has 0 aliphatic heterocycles. The van der Waals surface area contributed by atoms with Gasteiger partial charge in [0, 0.05) is 17.7 Å². The van der Waals surface area contributed by atoms with E-state index in [1.807, 2.05) is 31.2 Å². The molecule has 2 N–H and O–H groups in total. The van der Waals surface area contributed by atoms with Gasteiger partial charge in [-0.05, 0) is 30.7 Å². The zero-order valence-corrected chi connectivity index (χ0v) is 17.0. The number of hydrogen-bond acceptors (Lipinski definition) is 4. The molecule has 0 aliphatic carbocycles. The quantitative estimate of drug-likeness (QED) is 0.350. The Bertz CT molecular complexity index is 1080. The molecule has 158 valence electrons. The summed E-state index contributed by atoms with van der Waals surface area (Å²) in [6.07, 6.45) is 1.36. The van der Waals surface area contributed by atoms with Gasteiger partial charge in [-0.15, -0.1) is 0 Å². The SMILES string of the molecule is Cc1ccc(CNC(=O)C(=O)N/N=C\c2ccccc2OCc2ccccc2F)cc1. The summed E-state index contributed by atoms with van der Waals surface area (Å²) in [6, 6.07) is 20.9. The Hall–Kier alpha value is -4.00. The molecule has 0 saturated heterocycles. The van der Waals surface area contributed by atoms with Gasteiger partial charge in [-0.2, -0.15) is 5.10 Å². The van der Waals surface area contributed by atoms with Gasteiger partial charge in [-0.1, -0.05) is 60.2 Å². The van der Waals surface area contributed by atoms with E-state index in [-0.39, 0.29) is 19.0 Å². The fraction of sp³-hybridized carbons (Fsp3) is 0.125. The molecule has 0 radical (unpaired) electrons. The maximum Gasteiger partial charge on any atom is 0.329 e. The van der Waals surface area contributed by atoms with Gasteiger partial charge in [0.05, 0.1) is 6.21 Å². The van der Waals surface area contributed by atoms with Crippen molar-refractivity contribution in [2.24, 2.45) is 5.10 Å². The van der Waals surface area contributed by atoms with Crippen LogP contribution in [0.2, 0.25) is 0 Å². The van der Waals surface area contributed by atoms with E-state index in [4.69, 9.17) is 4.74 Å². The standard InChI is InChI=1S/C24H22FN3O3/c1-17-10-12-18(13-11-17)14-26-23(29)24(30)28-27-15-19-6-3-5-9-22(19)31-16-20-7-2-4-8-21(20)25/h2-13,15H,14,16H2,1H3,(H,26,29)(H,28,30)/b27-15-. The van der Waals surface area contributed by atoms with Gasteiger partial charge in [-0.25, -0.2) is 9.82 Å². The molecular weight excluding hydrogens is 397 g/mol. The normalized spacial score (nSPS) is 10.6. The topological polar surface area (TPSA) is 79.8 Å². The van der Waals surface area contributed by atoms with Crippen LogP contribution in [-0.4, -0.2) is 18.0 Å². The third-order valence-corrected chi connectivity index (χ3v) is 4.41. The van der Waals surface area contributed by atoms with Crippen molar-refractivity contribution in [2.45, 2.75) is 20.1 Å². The highest BCUT2D eigenvalue weighted by molar-refractivity contribution is 6.35. The molecule has 0 unspecified atom stereocenters. The number of amides is 2. The number of halogens is 1. The van der Waals surface area contributed by atoms with Gasteiger partial charge in [0.15, 0.2) is 0 Å². The molecule has 3 aromatic rings. The number of aryl methyl sites for hydroxylation is 1. The second-order valence-corrected chi connectivity index (χ2v) is 6.79. The Morgan fingerprint density at radius 2 is 1.68 bits per heavy atom. The van der Waals surface area contributed by atoms with Crippen molar-refractivity contribution >= 4 is 18.0 Å². The van der Waals surface area contributed by atoms with E-state index in [2.05, 4.69) is 15.8 Å². The molecule has 0 heterocycles. The lowest BCUT2D eigenvalue weighted by Crippen LogP contribution is -2.37. The Kier molecular flexibility index (Phi) is 7.48. The van der Waals surface area contributed by atoms with Crippen molar-refractivity contribution in [3.63, 3.8) is 0 Å². The average molecular weight is 419 g/mol. The first-order valence-electron chi connectivity index (χ1n) is 9.65. The summed E-state index contributed by atoms with van der Waals surface area (Å²) in [6.45, 7) is 2.26. The summed E-state index contributed by atoms with van der Waals surface area (Å²) < 4.78 is 19.4. The second-order valence-electron chi connectivity index (χ2n) is 6.79. The van der Waals surface area contributed by atoms with Crippen LogP contribution in [0.25, 0.3) is 0 Å². The van der Waals surface area contributed by atoms with Crippen molar-refractivity contribution in [2.75, 3.05) is 0 Å². The third kappa shape index (κ3) is 6.50. The Balaban J connectivity index is 1.53. The molecule has 0 fully saturated rings. The highest BCUT2D eigenvalue weighted by atomic mass is 19.1. The van der Waals surface area contributed by atoms with Crippen LogP contribution in [0, 0.1) is 12.7 Å². The van der Waals surface area contributed by atoms with E-state index in [1.165, 1.54) is 12.3 Å². The molecule has 0 atom stereocenters. The molecular formula is C24H22FN3O3. The van der Waals surface area contributed by atoms with Crippen molar-refractivity contribution in [1.82, 2.24) is 10.7 Å². The van der Waals surface area contributed by atoms with Crippen LogP contribution < -0.4 is 15.5 Å². The Labute approximate surface area is 179 Å². The minimum atomic E-state index is -0.881. The number of carbonyl (C=O) groups is 2. The summed E-state index contributed by atoms with van der Waals surface area (Å²) in [5.74, 6) is -1.56. The smallest absolute Gasteiger partial charge is 0.329 e. The van der Waals surface area contributed by atoms with Gasteiger partial charge < -0.3 is 10.1 Å². The number of nitrogens with one attached hydrogen (secondary N) is 2. The van der Waals surface area contributed by atoms with Crippen LogP contribution >= 0.6 is 0 Å². The minimum absolute atomic E-state index is 0.0469. The highest BCUT2D eigenvalue weighted by Gasteiger charge is 2.12. The molecule has 7 heteroatoms. The maximum atomic E-state index is 13.8. The van der Waals surface area contributed by atoms with Crippen molar-refractivity contribution in [1.29, 1.82) is 0 Å². The van der Waals surface area contributed by atoms with E-state index in [9.17, 15) is 14.0 Å². The molecule has 2 amide bonds. The second kappa shape index (κ2) is 10.7. The lowest BCUT2D eigenvalue weighted by atomic mass is 10.1. The first-order valence-corrected chi connectivity index (χ1v) is 9.65. The van der Waals surface area contributed by atoms with E-state index in [1.54, 1.807) is 42.5 Å². The van der Waals surface area contributed by atoms with Crippen LogP contribution in [0.1, 0.15) is 22.3 Å². The Morgan fingerprint density at radius 1 is 0.968 bits per heavy atom. The van der Waals surface area contributed by atoms with Crippen LogP contribution in [0.3, 0.4) is 0 Å². The van der Waals surface area contributed by atoms with Crippen LogP contribution in [0.5, 0.6) is 5.75 Å². The predicted octanol–water partition coefficient (Wildman–Crippen LogP) is 3.48. The molecule has 3 rings (SSSR count). The fourth-order valence-corrected chi connectivity index (χ4v) is 2.67. The number of ether oxygens (including phenoxy) is 1. The Morgan fingerprint density at radius 3 is 2.45 bits per heavy atom. The van der Waals surface area contributed by atoms with E-state index in [0.29, 0.717) is 16.9 Å². The summed E-state index contributed by atoms with van der Waals surface area (Å²) in [5, 5.41) is 6.36. The molecule has 3 aromatic carbocycles. The molecule has 0 aromatic heterocycles. The van der Waals surface area contributed by atoms with Crippen molar-refractivity contribution < 1.29 is 18.7 Å². The average Bonchev–Trinajstić information content (AvgIpc) is 2.78. The van der Waals surface area contributed by atoms with Gasteiger partial charge in [0.2, 0.25) is 0 Å². The number of hydrazone groups is 1. The molecule has 6 nitrogen and oxygen atoms in total. The largest absolute Gasteiger partial charge is 0.488 e. The van der Waals surface area contributed by atoms with Crippen LogP contribution in [0.15, 0.2) is 77.9 Å². The number of nitrogens with zero attached hydrogens (tertiary/aromatic N) is 1. The van der Waals surface area contributed by atoms with E-state index < -0.39 is 11.8 Å². The number of hydrogen-bond donors (Lipinski definition) is 2. The molecule has 0 spiro atoms. The molecule has 0 saturated carbocycles. The summed E-state index contributed by atoms with van der Waals surface area (Å²) in [4.78, 5) is 23.9. The third-order valence-electron chi connectivity index (χ3n) is 4.41. The van der Waals surface area contributed by atoms with Crippen LogP contribution in [-0.2, 0) is 22.7 Å². The van der Waals surface area contributed by atoms with Gasteiger partial charge in [0.25, 0.3) is 0 Å². The maximum absolute atomic E-state index is 13.8. The monoisotopic (exact) mass is 419 g/mol. The number of rotatable bonds is 7. The predicted molar refractivity (Wildman–Crippen MR) is 116 cm³/mol. The highest BCUT2D eigenvalue weighted by Crippen LogP contribution is 2.18. The zero-order chi connectivity index (χ0) is 22.1. The number of para-hydroxylation sites is 1. The van der Waals surface area contributed by atoms with Gasteiger partial charge in [0.1, 0.15) is 18.2 Å². The first-order chi connectivity index (χ1) is 15.0. The fourth-order valence-electron chi connectivity index (χ4n) is 2.67. The van der Waals surface area contributed by atoms with Gasteiger partial charge in [-0.3, -0.25) is 9.59 Å². The molecule has 0 aliphatic rings. The lowest BCUT2D eigenvalue weighted by Gasteiger charge is -2.09. The zero-order valence-electron chi connectivity index (χ0n) is 17.0. The summed E-state index contributed by atoms with van der Waals surface area (Å²) in [7, 11) is 0. The molecule has 0 bridgehead atoms. The number of carbonyl (C=O) groups excluding carboxylic acids is 2. The van der Waals surface area contributed by atoms with Crippen LogP contribution in [0.4, 0.5) is 4.39 Å². The summed E-state index contributed by atoms with van der Waals surface area (Å²) in [5.41, 5.74) is 5.18. The minimum Gasteiger partial charge on any atom is -0.488 e. The van der Waals surface area contributed by atoms with Crippen molar-refractivity contribution in [3.8, 4) is 5.75 Å². The van der Waals surface area contributed by atoms with Crippen molar-refractivity contribution in [3.05, 3.63) is 101 Å². The molecule has 31 heavy (non-hydrogen) atoms. The number of benzene rings is 3. The van der Waals surface area contributed by atoms with E-state index in [0.717, 1.165) is 11.1 Å². The first kappa shape index (κ1) is 21.7. The van der Waals surface area contributed by atoms with Gasteiger partial charge >= 0.3 is 11.8 Å². The summed E-state index contributed by atoms with van der Waals surface area (Å²) >= 11 is 0. The van der Waals surface area contributed by atoms with E-state index >= 15 is 0 Å². The lowest BCUT2D eigenvalue weighted by molar-refractivity contribution is -0.139.